The van der Waals surface area contributed by atoms with Crippen molar-refractivity contribution in [2.24, 2.45) is 11.7 Å². The minimum atomic E-state index is -0.478. The summed E-state index contributed by atoms with van der Waals surface area (Å²) in [6.45, 7) is 4.12. The molecule has 10 nitrogen and oxygen atoms in total. The number of aromatic nitrogens is 1. The Bertz CT molecular complexity index is 1780. The molecule has 6 rings (SSSR count). The third kappa shape index (κ3) is 6.72. The second kappa shape index (κ2) is 12.9. The maximum absolute atomic E-state index is 13.7. The summed E-state index contributed by atoms with van der Waals surface area (Å²) < 4.78 is 7.48. The molecule has 0 saturated carbocycles. The summed E-state index contributed by atoms with van der Waals surface area (Å²) in [5, 5.41) is 29.0. The number of hydrogen-bond acceptors (Lipinski definition) is 8. The first-order chi connectivity index (χ1) is 21.7. The average Bonchev–Trinajstić information content (AvgIpc) is 3.05. The maximum Gasteiger partial charge on any atom is 0.261 e. The summed E-state index contributed by atoms with van der Waals surface area (Å²) in [5.41, 5.74) is 11.2. The van der Waals surface area contributed by atoms with E-state index in [-0.39, 0.29) is 28.5 Å². The number of nitrogens with zero attached hydrogens (tertiary/aromatic N) is 1. The Morgan fingerprint density at radius 3 is 2.40 bits per heavy atom. The molecular weight excluding hydrogens is 570 g/mol. The van der Waals surface area contributed by atoms with Crippen molar-refractivity contribution in [3.63, 3.8) is 0 Å². The number of phenols is 2. The van der Waals surface area contributed by atoms with E-state index >= 15 is 0 Å². The van der Waals surface area contributed by atoms with Gasteiger partial charge in [-0.1, -0.05) is 42.0 Å². The number of anilines is 1. The highest BCUT2D eigenvalue weighted by Crippen LogP contribution is 2.30. The van der Waals surface area contributed by atoms with Crippen molar-refractivity contribution in [2.75, 3.05) is 18.5 Å². The molecule has 4 aromatic rings. The smallest absolute Gasteiger partial charge is 0.261 e. The van der Waals surface area contributed by atoms with Gasteiger partial charge in [-0.25, -0.2) is 0 Å². The van der Waals surface area contributed by atoms with E-state index in [0.717, 1.165) is 29.5 Å². The summed E-state index contributed by atoms with van der Waals surface area (Å²) in [7, 11) is 0. The molecule has 0 aliphatic carbocycles. The molecule has 1 amide bonds. The largest absolute Gasteiger partial charge is 0.504 e. The molecule has 45 heavy (non-hydrogen) atoms. The summed E-state index contributed by atoms with van der Waals surface area (Å²) >= 11 is 0. The number of phenolic OH excluding ortho intramolecular Hbond substituents is 2. The molecule has 10 heteroatoms. The Hall–Kier alpha value is -5.06. The van der Waals surface area contributed by atoms with Crippen molar-refractivity contribution in [1.82, 2.24) is 15.2 Å². The minimum absolute atomic E-state index is 0.0799. The van der Waals surface area contributed by atoms with Gasteiger partial charge in [-0.2, -0.15) is 0 Å². The van der Waals surface area contributed by atoms with Crippen LogP contribution in [-0.2, 0) is 11.3 Å². The van der Waals surface area contributed by atoms with Crippen molar-refractivity contribution in [3.8, 4) is 22.6 Å². The van der Waals surface area contributed by atoms with Gasteiger partial charge < -0.3 is 41.2 Å². The second-order valence-corrected chi connectivity index (χ2v) is 11.7. The number of pyridine rings is 1. The lowest BCUT2D eigenvalue weighted by Gasteiger charge is -2.32. The van der Waals surface area contributed by atoms with E-state index in [2.05, 4.69) is 16.0 Å². The van der Waals surface area contributed by atoms with Gasteiger partial charge in [0.2, 0.25) is 5.43 Å². The fraction of sp³-hybridized carbons (Fsp3) is 0.257. The fourth-order valence-electron chi connectivity index (χ4n) is 5.76. The van der Waals surface area contributed by atoms with Crippen LogP contribution in [-0.4, -0.2) is 40.1 Å². The quantitative estimate of drug-likeness (QED) is 0.169. The third-order valence-corrected chi connectivity index (χ3v) is 8.40. The first kappa shape index (κ1) is 30.0. The van der Waals surface area contributed by atoms with Crippen molar-refractivity contribution in [1.29, 1.82) is 0 Å². The molecule has 3 heterocycles. The molecule has 0 spiro atoms. The number of nitrogens with two attached hydrogens (primary N) is 1. The van der Waals surface area contributed by atoms with Gasteiger partial charge in [0, 0.05) is 55.2 Å². The highest BCUT2D eigenvalue weighted by Gasteiger charge is 2.25. The van der Waals surface area contributed by atoms with Crippen LogP contribution in [0.25, 0.3) is 16.8 Å². The topological polar surface area (TPSA) is 151 Å². The molecule has 1 aromatic heterocycles. The van der Waals surface area contributed by atoms with E-state index in [1.165, 1.54) is 12.1 Å². The highest BCUT2D eigenvalue weighted by atomic mass is 16.5. The van der Waals surface area contributed by atoms with E-state index in [9.17, 15) is 19.8 Å². The maximum atomic E-state index is 13.7. The van der Waals surface area contributed by atoms with Gasteiger partial charge in [-0.3, -0.25) is 9.59 Å². The Kier molecular flexibility index (Phi) is 8.59. The Morgan fingerprint density at radius 2 is 1.69 bits per heavy atom. The summed E-state index contributed by atoms with van der Waals surface area (Å²) in [6.07, 6.45) is 6.66. The zero-order valence-corrected chi connectivity index (χ0v) is 25.0. The highest BCUT2D eigenvalue weighted by molar-refractivity contribution is 6.04. The van der Waals surface area contributed by atoms with Gasteiger partial charge in [-0.15, -0.1) is 0 Å². The van der Waals surface area contributed by atoms with Crippen LogP contribution in [0.2, 0.25) is 0 Å². The predicted molar refractivity (Wildman–Crippen MR) is 174 cm³/mol. The SMILES string of the molecule is Cc1ccc(-c2cn(CC3CCOCC3)cc(C(=O)Nc3ccc(C4NC(c5ccc(O)c(O)c5)=CNC4N)cc3)c2=O)cc1. The minimum Gasteiger partial charge on any atom is -0.504 e. The molecule has 1 fully saturated rings. The standard InChI is InChI=1S/C35H37N5O5/c1-21-2-4-23(5-3-21)27-19-40(18-22-12-14-45-15-13-22)20-28(33(27)43)35(44)38-26-9-6-24(7-10-26)32-34(36)37-17-29(39-32)25-8-11-30(41)31(42)16-25/h2-11,16-17,19-20,22,32,34,37,39,41-42H,12-15,18,36H2,1H3,(H,38,44). The lowest BCUT2D eigenvalue weighted by Crippen LogP contribution is -2.49. The monoisotopic (exact) mass is 607 g/mol. The number of ether oxygens (including phenoxy) is 1. The lowest BCUT2D eigenvalue weighted by molar-refractivity contribution is 0.0612. The number of benzene rings is 3. The van der Waals surface area contributed by atoms with E-state index in [4.69, 9.17) is 10.5 Å². The number of aromatic hydroxyl groups is 2. The van der Waals surface area contributed by atoms with Gasteiger partial charge in [-0.05, 0) is 67.1 Å². The zero-order chi connectivity index (χ0) is 31.5. The van der Waals surface area contributed by atoms with Crippen LogP contribution in [0.15, 0.2) is 90.1 Å². The van der Waals surface area contributed by atoms with Crippen LogP contribution in [0.3, 0.4) is 0 Å². The molecule has 232 valence electrons. The van der Waals surface area contributed by atoms with E-state index in [0.29, 0.717) is 48.2 Å². The summed E-state index contributed by atoms with van der Waals surface area (Å²) in [5.74, 6) is -0.496. The van der Waals surface area contributed by atoms with Crippen molar-refractivity contribution < 1.29 is 19.7 Å². The number of aryl methyl sites for hydroxylation is 1. The van der Waals surface area contributed by atoms with Gasteiger partial charge in [0.15, 0.2) is 11.5 Å². The Balaban J connectivity index is 1.22. The third-order valence-electron chi connectivity index (χ3n) is 8.40. The van der Waals surface area contributed by atoms with Crippen molar-refractivity contribution in [3.05, 3.63) is 118 Å². The molecule has 2 unspecified atom stereocenters. The normalized spacial score (nSPS) is 18.4. The summed E-state index contributed by atoms with van der Waals surface area (Å²) in [4.78, 5) is 27.2. The van der Waals surface area contributed by atoms with Crippen LogP contribution >= 0.6 is 0 Å². The molecule has 0 radical (unpaired) electrons. The Morgan fingerprint density at radius 1 is 0.978 bits per heavy atom. The molecule has 2 aliphatic rings. The van der Waals surface area contributed by atoms with Crippen LogP contribution in [0.5, 0.6) is 11.5 Å². The first-order valence-electron chi connectivity index (χ1n) is 15.1. The predicted octanol–water partition coefficient (Wildman–Crippen LogP) is 4.43. The first-order valence-corrected chi connectivity index (χ1v) is 15.1. The van der Waals surface area contributed by atoms with Crippen LogP contribution in [0.4, 0.5) is 5.69 Å². The van der Waals surface area contributed by atoms with E-state index < -0.39 is 12.1 Å². The number of rotatable bonds is 7. The van der Waals surface area contributed by atoms with Crippen LogP contribution < -0.4 is 27.1 Å². The number of nitrogens with one attached hydrogen (secondary N) is 3. The van der Waals surface area contributed by atoms with Crippen molar-refractivity contribution >= 4 is 17.3 Å². The van der Waals surface area contributed by atoms with Gasteiger partial charge in [0.1, 0.15) is 5.56 Å². The van der Waals surface area contributed by atoms with Gasteiger partial charge in [0.25, 0.3) is 5.91 Å². The molecule has 1 saturated heterocycles. The molecule has 2 aliphatic heterocycles. The zero-order valence-electron chi connectivity index (χ0n) is 25.0. The molecule has 0 bridgehead atoms. The van der Waals surface area contributed by atoms with Gasteiger partial charge in [0.05, 0.1) is 17.9 Å². The second-order valence-electron chi connectivity index (χ2n) is 11.7. The number of hydrogen-bond donors (Lipinski definition) is 6. The molecule has 3 aromatic carbocycles. The molecule has 2 atom stereocenters. The number of carbonyl (C=O) groups excluding carboxylic acids is 1. The van der Waals surface area contributed by atoms with Crippen molar-refractivity contribution in [2.45, 2.75) is 38.5 Å². The van der Waals surface area contributed by atoms with E-state index in [1.807, 2.05) is 54.1 Å². The average molecular weight is 608 g/mol. The van der Waals surface area contributed by atoms with Crippen LogP contribution in [0, 0.1) is 12.8 Å². The molecule has 7 N–H and O–H groups in total. The van der Waals surface area contributed by atoms with E-state index in [1.54, 1.807) is 30.6 Å². The van der Waals surface area contributed by atoms with Gasteiger partial charge >= 0.3 is 0 Å². The molecular formula is C35H37N5O5. The lowest BCUT2D eigenvalue weighted by atomic mass is 9.99. The Labute approximate surface area is 261 Å². The van der Waals surface area contributed by atoms with Crippen LogP contribution in [0.1, 0.15) is 45.9 Å². The number of carbonyl (C=O) groups is 1. The fourth-order valence-corrected chi connectivity index (χ4v) is 5.76. The summed E-state index contributed by atoms with van der Waals surface area (Å²) in [6, 6.07) is 19.3. The number of amides is 1.